The van der Waals surface area contributed by atoms with Crippen molar-refractivity contribution < 1.29 is 27.8 Å². The Balaban J connectivity index is 1.05. The van der Waals surface area contributed by atoms with Crippen molar-refractivity contribution in [3.63, 3.8) is 0 Å². The highest BCUT2D eigenvalue weighted by molar-refractivity contribution is 6.09. The van der Waals surface area contributed by atoms with Crippen LogP contribution in [-0.2, 0) is 0 Å². The quantitative estimate of drug-likeness (QED) is 0.159. The van der Waals surface area contributed by atoms with E-state index < -0.39 is 0 Å². The predicted octanol–water partition coefficient (Wildman–Crippen LogP) is 9.68. The van der Waals surface area contributed by atoms with Gasteiger partial charge < -0.3 is 9.47 Å². The van der Waals surface area contributed by atoms with Crippen LogP contribution in [0.25, 0.3) is 11.1 Å². The summed E-state index contributed by atoms with van der Waals surface area (Å²) in [4.78, 5) is 25.2. The van der Waals surface area contributed by atoms with Gasteiger partial charge in [-0.1, -0.05) is 24.3 Å². The van der Waals surface area contributed by atoms with E-state index in [-0.39, 0.29) is 23.2 Å². The molecule has 4 nitrogen and oxygen atoms in total. The van der Waals surface area contributed by atoms with E-state index >= 15 is 0 Å². The molecule has 0 radical (unpaired) electrons. The number of hydrogen-bond acceptors (Lipinski definition) is 4. The summed E-state index contributed by atoms with van der Waals surface area (Å²) in [5.41, 5.74) is 3.80. The van der Waals surface area contributed by atoms with Crippen LogP contribution in [0.5, 0.6) is 23.0 Å². The number of ether oxygens (including phenoxy) is 2. The first kappa shape index (κ1) is 28.2. The molecule has 6 heteroatoms. The normalized spacial score (nSPS) is 10.7. The minimum Gasteiger partial charge on any atom is -0.457 e. The number of halogens is 2. The van der Waals surface area contributed by atoms with E-state index in [1.165, 1.54) is 48.5 Å². The van der Waals surface area contributed by atoms with Crippen LogP contribution in [0.4, 0.5) is 8.78 Å². The van der Waals surface area contributed by atoms with Crippen LogP contribution in [0.1, 0.15) is 31.8 Å². The molecular weight excluding hydrogens is 558 g/mol. The number of carbonyl (C=O) groups excluding carboxylic acids is 2. The Bertz CT molecular complexity index is 1750. The van der Waals surface area contributed by atoms with E-state index in [9.17, 15) is 18.4 Å². The van der Waals surface area contributed by atoms with Crippen molar-refractivity contribution >= 4 is 11.6 Å². The molecule has 0 atom stereocenters. The molecule has 0 heterocycles. The maximum absolute atomic E-state index is 13.2. The zero-order valence-electron chi connectivity index (χ0n) is 23.2. The lowest BCUT2D eigenvalue weighted by molar-refractivity contribution is 0.103. The van der Waals surface area contributed by atoms with Crippen molar-refractivity contribution in [1.29, 1.82) is 0 Å². The molecule has 0 aromatic heterocycles. The van der Waals surface area contributed by atoms with Crippen molar-refractivity contribution in [3.05, 3.63) is 179 Å². The summed E-state index contributed by atoms with van der Waals surface area (Å²) in [6.07, 6.45) is 0. The lowest BCUT2D eigenvalue weighted by Crippen LogP contribution is -2.01. The fourth-order valence-corrected chi connectivity index (χ4v) is 4.59. The molecule has 6 aromatic rings. The molecule has 0 unspecified atom stereocenters. The van der Waals surface area contributed by atoms with Crippen molar-refractivity contribution in [1.82, 2.24) is 0 Å². The molecule has 0 amide bonds. The van der Waals surface area contributed by atoms with Gasteiger partial charge in [-0.25, -0.2) is 8.78 Å². The standard InChI is InChI=1S/C38H24F2O4/c39-31-13-1-27(2-14-31)37(41)29-9-21-35(22-10-29)43-33-17-5-25(6-18-33)26-7-19-34(20-8-26)44-36-23-11-30(12-24-36)38(42)28-3-15-32(40)16-4-28/h1-24H. The topological polar surface area (TPSA) is 52.6 Å². The van der Waals surface area contributed by atoms with Gasteiger partial charge in [-0.2, -0.15) is 0 Å². The highest BCUT2D eigenvalue weighted by Gasteiger charge is 2.11. The second kappa shape index (κ2) is 12.5. The summed E-state index contributed by atoms with van der Waals surface area (Å²) in [7, 11) is 0. The Morgan fingerprint density at radius 1 is 0.341 bits per heavy atom. The van der Waals surface area contributed by atoms with Gasteiger partial charge in [0.2, 0.25) is 0 Å². The Hall–Kier alpha value is -5.88. The molecule has 0 N–H and O–H groups in total. The second-order valence-corrected chi connectivity index (χ2v) is 9.97. The summed E-state index contributed by atoms with van der Waals surface area (Å²) in [5, 5.41) is 0. The maximum atomic E-state index is 13.2. The van der Waals surface area contributed by atoms with Crippen molar-refractivity contribution in [2.45, 2.75) is 0 Å². The highest BCUT2D eigenvalue weighted by atomic mass is 19.1. The van der Waals surface area contributed by atoms with Gasteiger partial charge in [0.25, 0.3) is 0 Å². The number of benzene rings is 6. The van der Waals surface area contributed by atoms with E-state index in [4.69, 9.17) is 9.47 Å². The summed E-state index contributed by atoms with van der Waals surface area (Å²) >= 11 is 0. The van der Waals surface area contributed by atoms with Crippen molar-refractivity contribution in [3.8, 4) is 34.1 Å². The highest BCUT2D eigenvalue weighted by Crippen LogP contribution is 2.29. The van der Waals surface area contributed by atoms with Crippen LogP contribution in [0.15, 0.2) is 146 Å². The third kappa shape index (κ3) is 6.61. The first-order valence-electron chi connectivity index (χ1n) is 13.8. The van der Waals surface area contributed by atoms with Crippen LogP contribution >= 0.6 is 0 Å². The minimum atomic E-state index is -0.387. The number of carbonyl (C=O) groups is 2. The molecule has 0 aliphatic heterocycles. The largest absolute Gasteiger partial charge is 0.457 e. The van der Waals surface area contributed by atoms with Crippen LogP contribution in [0, 0.1) is 11.6 Å². The van der Waals surface area contributed by atoms with E-state index in [0.29, 0.717) is 45.3 Å². The van der Waals surface area contributed by atoms with E-state index in [1.54, 1.807) is 48.5 Å². The van der Waals surface area contributed by atoms with Crippen LogP contribution in [-0.4, -0.2) is 11.6 Å². The first-order valence-corrected chi connectivity index (χ1v) is 13.8. The fraction of sp³-hybridized carbons (Fsp3) is 0. The van der Waals surface area contributed by atoms with Gasteiger partial charge in [0, 0.05) is 22.3 Å². The van der Waals surface area contributed by atoms with Crippen molar-refractivity contribution in [2.24, 2.45) is 0 Å². The average molecular weight is 583 g/mol. The number of rotatable bonds is 9. The zero-order chi connectivity index (χ0) is 30.5. The van der Waals surface area contributed by atoms with Gasteiger partial charge in [-0.05, 0) is 132 Å². The molecule has 0 aliphatic carbocycles. The van der Waals surface area contributed by atoms with Gasteiger partial charge >= 0.3 is 0 Å². The van der Waals surface area contributed by atoms with Gasteiger partial charge in [-0.15, -0.1) is 0 Å². The smallest absolute Gasteiger partial charge is 0.193 e. The third-order valence-corrected chi connectivity index (χ3v) is 6.96. The summed E-state index contributed by atoms with van der Waals surface area (Å²) in [6, 6.07) is 39.8. The van der Waals surface area contributed by atoms with Crippen LogP contribution in [0.3, 0.4) is 0 Å². The molecule has 0 saturated carbocycles. The molecule has 0 saturated heterocycles. The minimum absolute atomic E-state index is 0.190. The Kier molecular flexibility index (Phi) is 8.06. The Morgan fingerprint density at radius 2 is 0.568 bits per heavy atom. The molecule has 6 aromatic carbocycles. The van der Waals surface area contributed by atoms with Gasteiger partial charge in [0.15, 0.2) is 11.6 Å². The fourth-order valence-electron chi connectivity index (χ4n) is 4.59. The predicted molar refractivity (Wildman–Crippen MR) is 165 cm³/mol. The number of ketones is 2. The van der Waals surface area contributed by atoms with Gasteiger partial charge in [0.05, 0.1) is 0 Å². The van der Waals surface area contributed by atoms with Crippen LogP contribution < -0.4 is 9.47 Å². The summed E-state index contributed by atoms with van der Waals surface area (Å²) < 4.78 is 38.2. The summed E-state index contributed by atoms with van der Waals surface area (Å²) in [6.45, 7) is 0. The molecule has 214 valence electrons. The molecule has 0 spiro atoms. The van der Waals surface area contributed by atoms with Gasteiger partial charge in [-0.3, -0.25) is 9.59 Å². The average Bonchev–Trinajstić information content (AvgIpc) is 3.06. The lowest BCUT2D eigenvalue weighted by Gasteiger charge is -2.10. The van der Waals surface area contributed by atoms with Gasteiger partial charge in [0.1, 0.15) is 34.6 Å². The number of hydrogen-bond donors (Lipinski definition) is 0. The second-order valence-electron chi connectivity index (χ2n) is 9.97. The molecule has 0 bridgehead atoms. The molecular formula is C38H24F2O4. The van der Waals surface area contributed by atoms with Crippen LogP contribution in [0.2, 0.25) is 0 Å². The SMILES string of the molecule is O=C(c1ccc(F)cc1)c1ccc(Oc2ccc(-c3ccc(Oc4ccc(C(=O)c5ccc(F)cc5)cc4)cc3)cc2)cc1. The maximum Gasteiger partial charge on any atom is 0.193 e. The summed E-state index contributed by atoms with van der Waals surface area (Å²) in [5.74, 6) is 1.31. The zero-order valence-corrected chi connectivity index (χ0v) is 23.2. The molecule has 6 rings (SSSR count). The first-order chi connectivity index (χ1) is 21.4. The lowest BCUT2D eigenvalue weighted by atomic mass is 10.0. The molecule has 0 aliphatic rings. The van der Waals surface area contributed by atoms with E-state index in [1.807, 2.05) is 48.5 Å². The third-order valence-electron chi connectivity index (χ3n) is 6.96. The Labute approximate surface area is 252 Å². The van der Waals surface area contributed by atoms with E-state index in [0.717, 1.165) is 11.1 Å². The monoisotopic (exact) mass is 582 g/mol. The van der Waals surface area contributed by atoms with Crippen molar-refractivity contribution in [2.75, 3.05) is 0 Å². The van der Waals surface area contributed by atoms with E-state index in [2.05, 4.69) is 0 Å². The Morgan fingerprint density at radius 3 is 0.841 bits per heavy atom. The molecule has 44 heavy (non-hydrogen) atoms. The molecule has 0 fully saturated rings.